The summed E-state index contributed by atoms with van der Waals surface area (Å²) in [5.74, 6) is 1.04. The first-order valence-electron chi connectivity index (χ1n) is 6.65. The zero-order valence-corrected chi connectivity index (χ0v) is 11.9. The standard InChI is InChI=1S/C15H22N4/c1-4-13(16)12-7-5-6-8-14(12)19(3)11-15-17-9-10-18(15)2/h5-10,13H,4,11,16H2,1-3H3/t13-/m1/s1. The topological polar surface area (TPSA) is 47.1 Å². The second-order valence-corrected chi connectivity index (χ2v) is 4.88. The van der Waals surface area contributed by atoms with Crippen molar-refractivity contribution in [1.82, 2.24) is 9.55 Å². The molecule has 2 aromatic rings. The van der Waals surface area contributed by atoms with Gasteiger partial charge in [-0.3, -0.25) is 0 Å². The van der Waals surface area contributed by atoms with Gasteiger partial charge in [0.25, 0.3) is 0 Å². The molecule has 0 fully saturated rings. The van der Waals surface area contributed by atoms with E-state index in [1.165, 1.54) is 11.3 Å². The van der Waals surface area contributed by atoms with Crippen LogP contribution in [0.4, 0.5) is 5.69 Å². The highest BCUT2D eigenvalue weighted by molar-refractivity contribution is 5.54. The number of imidazole rings is 1. The van der Waals surface area contributed by atoms with Crippen molar-refractivity contribution in [3.63, 3.8) is 0 Å². The van der Waals surface area contributed by atoms with Crippen LogP contribution < -0.4 is 10.6 Å². The molecule has 0 saturated carbocycles. The van der Waals surface area contributed by atoms with Crippen molar-refractivity contribution < 1.29 is 0 Å². The van der Waals surface area contributed by atoms with Crippen LogP contribution in [0.5, 0.6) is 0 Å². The van der Waals surface area contributed by atoms with Gasteiger partial charge in [-0.2, -0.15) is 0 Å². The second kappa shape index (κ2) is 5.89. The highest BCUT2D eigenvalue weighted by atomic mass is 15.2. The molecule has 0 amide bonds. The Labute approximate surface area is 114 Å². The van der Waals surface area contributed by atoms with Crippen molar-refractivity contribution >= 4 is 5.69 Å². The minimum absolute atomic E-state index is 0.0834. The van der Waals surface area contributed by atoms with Crippen LogP contribution in [-0.4, -0.2) is 16.6 Å². The average molecular weight is 258 g/mol. The number of rotatable bonds is 5. The molecule has 1 aromatic heterocycles. The highest BCUT2D eigenvalue weighted by Crippen LogP contribution is 2.26. The number of aryl methyl sites for hydroxylation is 1. The molecular formula is C15H22N4. The molecule has 0 bridgehead atoms. The molecule has 102 valence electrons. The van der Waals surface area contributed by atoms with E-state index in [1.807, 2.05) is 30.1 Å². The molecule has 19 heavy (non-hydrogen) atoms. The maximum absolute atomic E-state index is 6.19. The van der Waals surface area contributed by atoms with Crippen molar-refractivity contribution in [3.05, 3.63) is 48.0 Å². The predicted octanol–water partition coefficient (Wildman–Crippen LogP) is 2.47. The largest absolute Gasteiger partial charge is 0.367 e. The van der Waals surface area contributed by atoms with E-state index in [2.05, 4.69) is 42.1 Å². The lowest BCUT2D eigenvalue weighted by Gasteiger charge is -2.24. The summed E-state index contributed by atoms with van der Waals surface area (Å²) in [7, 11) is 4.09. The Balaban J connectivity index is 2.24. The normalized spacial score (nSPS) is 12.4. The number of anilines is 1. The van der Waals surface area contributed by atoms with E-state index in [9.17, 15) is 0 Å². The molecule has 4 heteroatoms. The lowest BCUT2D eigenvalue weighted by molar-refractivity contribution is 0.689. The quantitative estimate of drug-likeness (QED) is 0.896. The van der Waals surface area contributed by atoms with Crippen LogP contribution in [0.25, 0.3) is 0 Å². The highest BCUT2D eigenvalue weighted by Gasteiger charge is 2.13. The van der Waals surface area contributed by atoms with E-state index in [1.54, 1.807) is 0 Å². The SMILES string of the molecule is CC[C@@H](N)c1ccccc1N(C)Cc1nccn1C. The molecular weight excluding hydrogens is 236 g/mol. The predicted molar refractivity (Wildman–Crippen MR) is 79.0 cm³/mol. The lowest BCUT2D eigenvalue weighted by atomic mass is 10.0. The summed E-state index contributed by atoms with van der Waals surface area (Å²) in [6, 6.07) is 8.41. The summed E-state index contributed by atoms with van der Waals surface area (Å²) in [5, 5.41) is 0. The van der Waals surface area contributed by atoms with Gasteiger partial charge in [-0.1, -0.05) is 25.1 Å². The van der Waals surface area contributed by atoms with E-state index in [-0.39, 0.29) is 6.04 Å². The Kier molecular flexibility index (Phi) is 4.22. The van der Waals surface area contributed by atoms with Gasteiger partial charge in [0.1, 0.15) is 5.82 Å². The Morgan fingerprint density at radius 3 is 2.74 bits per heavy atom. The summed E-state index contributed by atoms with van der Waals surface area (Å²) < 4.78 is 2.04. The third-order valence-electron chi connectivity index (χ3n) is 3.49. The maximum Gasteiger partial charge on any atom is 0.127 e. The summed E-state index contributed by atoms with van der Waals surface area (Å²) in [5.41, 5.74) is 8.57. The molecule has 1 aromatic carbocycles. The first kappa shape index (κ1) is 13.6. The second-order valence-electron chi connectivity index (χ2n) is 4.88. The number of hydrogen-bond donors (Lipinski definition) is 1. The van der Waals surface area contributed by atoms with Crippen molar-refractivity contribution in [1.29, 1.82) is 0 Å². The van der Waals surface area contributed by atoms with E-state index in [0.29, 0.717) is 0 Å². The van der Waals surface area contributed by atoms with Gasteiger partial charge < -0.3 is 15.2 Å². The molecule has 0 aliphatic rings. The minimum atomic E-state index is 0.0834. The van der Waals surface area contributed by atoms with Gasteiger partial charge >= 0.3 is 0 Å². The molecule has 4 nitrogen and oxygen atoms in total. The summed E-state index contributed by atoms with van der Waals surface area (Å²) in [6.07, 6.45) is 4.73. The molecule has 1 heterocycles. The van der Waals surface area contributed by atoms with Gasteiger partial charge in [-0.15, -0.1) is 0 Å². The zero-order valence-electron chi connectivity index (χ0n) is 11.9. The van der Waals surface area contributed by atoms with Crippen molar-refractivity contribution in [2.24, 2.45) is 12.8 Å². The molecule has 0 aliphatic carbocycles. The first-order chi connectivity index (χ1) is 9.13. The van der Waals surface area contributed by atoms with Crippen molar-refractivity contribution in [2.45, 2.75) is 25.9 Å². The van der Waals surface area contributed by atoms with E-state index in [0.717, 1.165) is 18.8 Å². The zero-order chi connectivity index (χ0) is 13.8. The van der Waals surface area contributed by atoms with Gasteiger partial charge in [0.15, 0.2) is 0 Å². The number of nitrogens with two attached hydrogens (primary N) is 1. The van der Waals surface area contributed by atoms with Gasteiger partial charge in [0.05, 0.1) is 6.54 Å². The van der Waals surface area contributed by atoms with Crippen molar-refractivity contribution in [3.8, 4) is 0 Å². The van der Waals surface area contributed by atoms with Gasteiger partial charge in [0.2, 0.25) is 0 Å². The molecule has 1 atom stereocenters. The monoisotopic (exact) mass is 258 g/mol. The number of benzene rings is 1. The Hall–Kier alpha value is -1.81. The smallest absolute Gasteiger partial charge is 0.127 e. The number of hydrogen-bond acceptors (Lipinski definition) is 3. The Morgan fingerprint density at radius 2 is 2.11 bits per heavy atom. The van der Waals surface area contributed by atoms with Crippen LogP contribution in [0, 0.1) is 0 Å². The van der Waals surface area contributed by atoms with Crippen LogP contribution in [0.2, 0.25) is 0 Å². The fourth-order valence-corrected chi connectivity index (χ4v) is 2.21. The lowest BCUT2D eigenvalue weighted by Crippen LogP contribution is -2.22. The van der Waals surface area contributed by atoms with Crippen LogP contribution in [0.1, 0.15) is 30.8 Å². The summed E-state index contributed by atoms with van der Waals surface area (Å²) in [6.45, 7) is 2.89. The fourth-order valence-electron chi connectivity index (χ4n) is 2.21. The summed E-state index contributed by atoms with van der Waals surface area (Å²) in [4.78, 5) is 6.57. The molecule has 0 radical (unpaired) electrons. The molecule has 0 spiro atoms. The first-order valence-corrected chi connectivity index (χ1v) is 6.65. The van der Waals surface area contributed by atoms with Crippen molar-refractivity contribution in [2.75, 3.05) is 11.9 Å². The van der Waals surface area contributed by atoms with Gasteiger partial charge in [-0.25, -0.2) is 4.98 Å². The molecule has 0 aliphatic heterocycles. The molecule has 0 unspecified atom stereocenters. The minimum Gasteiger partial charge on any atom is -0.367 e. The maximum atomic E-state index is 6.19. The van der Waals surface area contributed by atoms with Crippen LogP contribution in [0.3, 0.4) is 0 Å². The number of nitrogens with zero attached hydrogens (tertiary/aromatic N) is 3. The van der Waals surface area contributed by atoms with Crippen LogP contribution >= 0.6 is 0 Å². The summed E-state index contributed by atoms with van der Waals surface area (Å²) >= 11 is 0. The number of para-hydroxylation sites is 1. The third kappa shape index (κ3) is 2.96. The Morgan fingerprint density at radius 1 is 1.37 bits per heavy atom. The van der Waals surface area contributed by atoms with E-state index >= 15 is 0 Å². The van der Waals surface area contributed by atoms with E-state index in [4.69, 9.17) is 5.73 Å². The van der Waals surface area contributed by atoms with Gasteiger partial charge in [-0.05, 0) is 18.1 Å². The third-order valence-corrected chi connectivity index (χ3v) is 3.49. The van der Waals surface area contributed by atoms with Crippen LogP contribution in [-0.2, 0) is 13.6 Å². The number of aromatic nitrogens is 2. The van der Waals surface area contributed by atoms with Gasteiger partial charge in [0, 0.05) is 38.2 Å². The fraction of sp³-hybridized carbons (Fsp3) is 0.400. The molecule has 2 rings (SSSR count). The molecule has 2 N–H and O–H groups in total. The Bertz CT molecular complexity index is 532. The average Bonchev–Trinajstić information content (AvgIpc) is 2.83. The van der Waals surface area contributed by atoms with Crippen LogP contribution in [0.15, 0.2) is 36.7 Å². The van der Waals surface area contributed by atoms with E-state index < -0.39 is 0 Å². The molecule has 0 saturated heterocycles.